The van der Waals surface area contributed by atoms with Crippen LogP contribution in [-0.4, -0.2) is 58.8 Å². The molecule has 36 heavy (non-hydrogen) atoms. The van der Waals surface area contributed by atoms with Crippen LogP contribution in [0.3, 0.4) is 0 Å². The van der Waals surface area contributed by atoms with E-state index in [1.165, 1.54) is 4.90 Å². The third-order valence-corrected chi connectivity index (χ3v) is 8.85. The minimum atomic E-state index is -3.25. The van der Waals surface area contributed by atoms with E-state index >= 15 is 0 Å². The maximum Gasteiger partial charge on any atom is 0.407 e. The molecule has 9 nitrogen and oxygen atoms in total. The Labute approximate surface area is 210 Å². The van der Waals surface area contributed by atoms with Crippen molar-refractivity contribution in [1.82, 2.24) is 19.8 Å². The minimum Gasteiger partial charge on any atom is -0.465 e. The van der Waals surface area contributed by atoms with Gasteiger partial charge in [0.2, 0.25) is 0 Å². The lowest BCUT2D eigenvalue weighted by molar-refractivity contribution is 0.0951. The summed E-state index contributed by atoms with van der Waals surface area (Å²) >= 11 is 0. The summed E-state index contributed by atoms with van der Waals surface area (Å²) in [6, 6.07) is 12.1. The quantitative estimate of drug-likeness (QED) is 0.477. The van der Waals surface area contributed by atoms with Crippen molar-refractivity contribution in [2.45, 2.75) is 50.1 Å². The number of aromatic nitrogens is 2. The molecule has 0 spiro atoms. The molecule has 2 heterocycles. The first kappa shape index (κ1) is 24.3. The summed E-state index contributed by atoms with van der Waals surface area (Å²) in [5, 5.41) is 12.2. The molecule has 2 aromatic carbocycles. The lowest BCUT2D eigenvalue weighted by Crippen LogP contribution is -2.27. The molecule has 2 amide bonds. The number of hydrogen-bond donors (Lipinski definition) is 2. The van der Waals surface area contributed by atoms with Crippen molar-refractivity contribution in [2.75, 3.05) is 18.8 Å². The molecule has 0 bridgehead atoms. The van der Waals surface area contributed by atoms with Crippen LogP contribution in [0, 0.1) is 5.92 Å². The van der Waals surface area contributed by atoms with Gasteiger partial charge in [-0.15, -0.1) is 0 Å². The minimum absolute atomic E-state index is 0.0468. The molecule has 1 unspecified atom stereocenters. The van der Waals surface area contributed by atoms with E-state index in [9.17, 15) is 23.1 Å². The maximum atomic E-state index is 12.8. The molecule has 3 aromatic rings. The number of carboxylic acid groups (broad SMARTS) is 1. The molecule has 1 aliphatic carbocycles. The van der Waals surface area contributed by atoms with Crippen molar-refractivity contribution in [2.24, 2.45) is 5.92 Å². The summed E-state index contributed by atoms with van der Waals surface area (Å²) in [6.45, 7) is 3.71. The average Bonchev–Trinajstić information content (AvgIpc) is 3.50. The molecule has 10 heteroatoms. The summed E-state index contributed by atoms with van der Waals surface area (Å²) in [4.78, 5) is 30.8. The van der Waals surface area contributed by atoms with Gasteiger partial charge in [-0.2, -0.15) is 0 Å². The van der Waals surface area contributed by atoms with Gasteiger partial charge in [-0.3, -0.25) is 4.79 Å². The van der Waals surface area contributed by atoms with Crippen LogP contribution in [-0.2, 0) is 22.9 Å². The molecule has 1 saturated heterocycles. The zero-order chi connectivity index (χ0) is 25.4. The standard InChI is InChI=1S/C26H30N4O5S/c1-2-36(34,35)21-8-3-17(4-9-21)14-27-25(31)20-7-10-23-22(13-20)28-24(19-5-6-19)30(23)16-18-11-12-29(15-18)26(32)33/h3-4,7-10,13,18-19H,2,5-6,11-12,14-16H2,1H3,(H,27,31)(H,32,33). The van der Waals surface area contributed by atoms with Gasteiger partial charge < -0.3 is 19.9 Å². The molecule has 1 atom stereocenters. The van der Waals surface area contributed by atoms with Crippen molar-refractivity contribution in [3.05, 3.63) is 59.4 Å². The maximum absolute atomic E-state index is 12.8. The predicted octanol–water partition coefficient (Wildman–Crippen LogP) is 3.64. The SMILES string of the molecule is CCS(=O)(=O)c1ccc(CNC(=O)c2ccc3c(c2)nc(C2CC2)n3CC2CCN(C(=O)O)C2)cc1. The fraction of sp³-hybridized carbons (Fsp3) is 0.423. The predicted molar refractivity (Wildman–Crippen MR) is 135 cm³/mol. The molecule has 1 aliphatic heterocycles. The zero-order valence-electron chi connectivity index (χ0n) is 20.2. The largest absolute Gasteiger partial charge is 0.465 e. The normalized spacial score (nSPS) is 18.0. The molecule has 190 valence electrons. The fourth-order valence-electron chi connectivity index (χ4n) is 4.81. The summed E-state index contributed by atoms with van der Waals surface area (Å²) in [5.74, 6) is 1.52. The highest BCUT2D eigenvalue weighted by atomic mass is 32.2. The number of carbonyl (C=O) groups excluding carboxylic acids is 1. The summed E-state index contributed by atoms with van der Waals surface area (Å²) in [6.07, 6.45) is 2.16. The summed E-state index contributed by atoms with van der Waals surface area (Å²) in [7, 11) is -3.25. The highest BCUT2D eigenvalue weighted by molar-refractivity contribution is 7.91. The average molecular weight is 511 g/mol. The second kappa shape index (κ2) is 9.57. The van der Waals surface area contributed by atoms with Gasteiger partial charge in [0.25, 0.3) is 5.91 Å². The molecule has 2 N–H and O–H groups in total. The van der Waals surface area contributed by atoms with E-state index in [4.69, 9.17) is 4.98 Å². The van der Waals surface area contributed by atoms with Crippen LogP contribution in [0.2, 0.25) is 0 Å². The van der Waals surface area contributed by atoms with Gasteiger partial charge in [0, 0.05) is 37.7 Å². The van der Waals surface area contributed by atoms with Crippen LogP contribution in [0.1, 0.15) is 53.8 Å². The number of hydrogen-bond acceptors (Lipinski definition) is 5. The molecular formula is C26H30N4O5S. The van der Waals surface area contributed by atoms with E-state index in [1.807, 2.05) is 12.1 Å². The van der Waals surface area contributed by atoms with Gasteiger partial charge in [0.15, 0.2) is 9.84 Å². The van der Waals surface area contributed by atoms with Gasteiger partial charge in [0.1, 0.15) is 5.82 Å². The molecule has 0 radical (unpaired) electrons. The Hall–Kier alpha value is -3.40. The third-order valence-electron chi connectivity index (χ3n) is 7.10. The Morgan fingerprint density at radius 1 is 1.11 bits per heavy atom. The number of imidazole rings is 1. The first-order chi connectivity index (χ1) is 17.2. The number of sulfone groups is 1. The van der Waals surface area contributed by atoms with Crippen LogP contribution in [0.15, 0.2) is 47.4 Å². The van der Waals surface area contributed by atoms with Gasteiger partial charge >= 0.3 is 6.09 Å². The highest BCUT2D eigenvalue weighted by Gasteiger charge is 2.32. The number of rotatable bonds is 8. The third kappa shape index (κ3) is 4.95. The van der Waals surface area contributed by atoms with E-state index in [-0.39, 0.29) is 29.0 Å². The van der Waals surface area contributed by atoms with Crippen molar-refractivity contribution in [1.29, 1.82) is 0 Å². The van der Waals surface area contributed by atoms with Gasteiger partial charge in [-0.1, -0.05) is 19.1 Å². The molecule has 1 aromatic heterocycles. The van der Waals surface area contributed by atoms with Crippen molar-refractivity contribution >= 4 is 32.9 Å². The summed E-state index contributed by atoms with van der Waals surface area (Å²) < 4.78 is 26.2. The van der Waals surface area contributed by atoms with Gasteiger partial charge in [-0.05, 0) is 61.1 Å². The van der Waals surface area contributed by atoms with Crippen LogP contribution in [0.5, 0.6) is 0 Å². The topological polar surface area (TPSA) is 122 Å². The molecule has 2 aliphatic rings. The van der Waals surface area contributed by atoms with Gasteiger partial charge in [-0.25, -0.2) is 18.2 Å². The highest BCUT2D eigenvalue weighted by Crippen LogP contribution is 2.41. The Kier molecular flexibility index (Phi) is 6.46. The molecule has 2 fully saturated rings. The van der Waals surface area contributed by atoms with E-state index in [1.54, 1.807) is 37.3 Å². The number of nitrogens with one attached hydrogen (secondary N) is 1. The van der Waals surface area contributed by atoms with Crippen LogP contribution in [0.25, 0.3) is 11.0 Å². The second-order valence-corrected chi connectivity index (χ2v) is 11.9. The Bertz CT molecular complexity index is 1410. The van der Waals surface area contributed by atoms with Crippen LogP contribution < -0.4 is 5.32 Å². The van der Waals surface area contributed by atoms with E-state index in [0.29, 0.717) is 24.6 Å². The number of benzene rings is 2. The second-order valence-electron chi connectivity index (χ2n) is 9.67. The molecular weight excluding hydrogens is 480 g/mol. The Morgan fingerprint density at radius 3 is 2.50 bits per heavy atom. The van der Waals surface area contributed by atoms with Crippen molar-refractivity contribution in [3.8, 4) is 0 Å². The number of nitrogens with zero attached hydrogens (tertiary/aromatic N) is 3. The number of carbonyl (C=O) groups is 2. The monoisotopic (exact) mass is 510 g/mol. The smallest absolute Gasteiger partial charge is 0.407 e. The first-order valence-electron chi connectivity index (χ1n) is 12.3. The first-order valence-corrected chi connectivity index (χ1v) is 14.0. The fourth-order valence-corrected chi connectivity index (χ4v) is 5.70. The van der Waals surface area contributed by atoms with Crippen LogP contribution in [0.4, 0.5) is 4.79 Å². The number of likely N-dealkylation sites (tertiary alicyclic amines) is 1. The van der Waals surface area contributed by atoms with E-state index in [0.717, 1.165) is 48.2 Å². The number of amides is 2. The van der Waals surface area contributed by atoms with Crippen molar-refractivity contribution < 1.29 is 23.1 Å². The van der Waals surface area contributed by atoms with E-state index < -0.39 is 15.9 Å². The molecule has 5 rings (SSSR count). The van der Waals surface area contributed by atoms with Crippen LogP contribution >= 0.6 is 0 Å². The van der Waals surface area contributed by atoms with Crippen molar-refractivity contribution in [3.63, 3.8) is 0 Å². The Balaban J connectivity index is 1.30. The lowest BCUT2D eigenvalue weighted by atomic mass is 10.1. The lowest BCUT2D eigenvalue weighted by Gasteiger charge is -2.15. The number of fused-ring (bicyclic) bond motifs is 1. The summed E-state index contributed by atoms with van der Waals surface area (Å²) in [5.41, 5.74) is 3.06. The molecule has 1 saturated carbocycles. The Morgan fingerprint density at radius 2 is 1.86 bits per heavy atom. The zero-order valence-corrected chi connectivity index (χ0v) is 21.0. The van der Waals surface area contributed by atoms with E-state index in [2.05, 4.69) is 9.88 Å². The van der Waals surface area contributed by atoms with Gasteiger partial charge in [0.05, 0.1) is 21.7 Å².